The molecule has 1 fully saturated rings. The van der Waals surface area contributed by atoms with Crippen molar-refractivity contribution in [2.75, 3.05) is 13.7 Å². The highest BCUT2D eigenvalue weighted by Crippen LogP contribution is 2.34. The third-order valence-corrected chi connectivity index (χ3v) is 4.58. The van der Waals surface area contributed by atoms with Crippen molar-refractivity contribution in [3.63, 3.8) is 0 Å². The van der Waals surface area contributed by atoms with E-state index >= 15 is 0 Å². The highest BCUT2D eigenvalue weighted by atomic mass is 16.5. The van der Waals surface area contributed by atoms with Gasteiger partial charge in [0.2, 0.25) is 0 Å². The molecule has 124 valence electrons. The minimum Gasteiger partial charge on any atom is -0.380 e. The van der Waals surface area contributed by atoms with Crippen LogP contribution in [0, 0.1) is 0 Å². The number of benzene rings is 1. The Kier molecular flexibility index (Phi) is 3.53. The van der Waals surface area contributed by atoms with Gasteiger partial charge in [0.25, 0.3) is 5.91 Å². The second-order valence-electron chi connectivity index (χ2n) is 5.97. The molecule has 0 saturated carbocycles. The smallest absolute Gasteiger partial charge is 0.256 e. The molecular formula is C16H18N6O2. The third kappa shape index (κ3) is 2.26. The fourth-order valence-corrected chi connectivity index (χ4v) is 3.32. The molecule has 3 heterocycles. The number of aromatic amines is 1. The summed E-state index contributed by atoms with van der Waals surface area (Å²) in [6, 6.07) is 5.40. The van der Waals surface area contributed by atoms with Gasteiger partial charge in [0.15, 0.2) is 5.82 Å². The summed E-state index contributed by atoms with van der Waals surface area (Å²) in [6.07, 6.45) is 3.93. The van der Waals surface area contributed by atoms with Crippen LogP contribution in [0.15, 0.2) is 30.9 Å². The Hall–Kier alpha value is -2.74. The molecule has 2 atom stereocenters. The molecular weight excluding hydrogens is 308 g/mol. The molecule has 8 heteroatoms. The number of fused-ring (bicyclic) bond motifs is 1. The number of hydrogen-bond acceptors (Lipinski definition) is 5. The average molecular weight is 326 g/mol. The lowest BCUT2D eigenvalue weighted by Crippen LogP contribution is -2.33. The number of aromatic nitrogens is 5. The molecule has 3 aromatic rings. The lowest BCUT2D eigenvalue weighted by Gasteiger charge is -2.23. The van der Waals surface area contributed by atoms with Gasteiger partial charge in [0, 0.05) is 27.1 Å². The maximum atomic E-state index is 13.2. The van der Waals surface area contributed by atoms with Crippen molar-refractivity contribution in [3.8, 4) is 0 Å². The highest BCUT2D eigenvalue weighted by molar-refractivity contribution is 6.05. The van der Waals surface area contributed by atoms with Gasteiger partial charge in [-0.1, -0.05) is 6.07 Å². The lowest BCUT2D eigenvalue weighted by molar-refractivity contribution is 0.0684. The van der Waals surface area contributed by atoms with E-state index in [0.29, 0.717) is 24.0 Å². The van der Waals surface area contributed by atoms with Crippen LogP contribution in [0.3, 0.4) is 0 Å². The average Bonchev–Trinajstić information content (AvgIpc) is 3.31. The van der Waals surface area contributed by atoms with Crippen LogP contribution in [-0.4, -0.2) is 55.3 Å². The van der Waals surface area contributed by atoms with Gasteiger partial charge < -0.3 is 19.2 Å². The number of nitrogens with zero attached hydrogens (tertiary/aromatic N) is 5. The van der Waals surface area contributed by atoms with Crippen LogP contribution >= 0.6 is 0 Å². The van der Waals surface area contributed by atoms with Crippen molar-refractivity contribution in [1.82, 2.24) is 29.6 Å². The van der Waals surface area contributed by atoms with E-state index < -0.39 is 0 Å². The lowest BCUT2D eigenvalue weighted by atomic mass is 10.1. The molecule has 0 unspecified atom stereocenters. The number of nitrogens with one attached hydrogen (secondary N) is 1. The zero-order chi connectivity index (χ0) is 16.7. The number of carbonyl (C=O) groups is 1. The quantitative estimate of drug-likeness (QED) is 0.783. The zero-order valence-electron chi connectivity index (χ0n) is 13.5. The van der Waals surface area contributed by atoms with Crippen LogP contribution in [0.5, 0.6) is 0 Å². The van der Waals surface area contributed by atoms with Crippen molar-refractivity contribution in [2.24, 2.45) is 7.05 Å². The Morgan fingerprint density at radius 2 is 2.29 bits per heavy atom. The van der Waals surface area contributed by atoms with Crippen LogP contribution in [-0.2, 0) is 11.8 Å². The molecule has 0 aliphatic carbocycles. The predicted octanol–water partition coefficient (Wildman–Crippen LogP) is 1.29. The van der Waals surface area contributed by atoms with E-state index in [1.54, 1.807) is 25.8 Å². The molecule has 0 radical (unpaired) electrons. The van der Waals surface area contributed by atoms with Crippen molar-refractivity contribution in [2.45, 2.75) is 18.6 Å². The van der Waals surface area contributed by atoms with E-state index in [0.717, 1.165) is 11.3 Å². The molecule has 1 aliphatic rings. The molecule has 1 N–H and O–H groups in total. The number of ether oxygens (including phenoxy) is 1. The Bertz CT molecular complexity index is 885. The van der Waals surface area contributed by atoms with Crippen molar-refractivity contribution >= 4 is 16.9 Å². The largest absolute Gasteiger partial charge is 0.380 e. The predicted molar refractivity (Wildman–Crippen MR) is 86.3 cm³/mol. The first-order valence-electron chi connectivity index (χ1n) is 7.78. The van der Waals surface area contributed by atoms with Crippen LogP contribution in [0.2, 0.25) is 0 Å². The first-order chi connectivity index (χ1) is 11.7. The topological polar surface area (TPSA) is 88.9 Å². The van der Waals surface area contributed by atoms with Crippen molar-refractivity contribution < 1.29 is 9.53 Å². The van der Waals surface area contributed by atoms with E-state index in [1.807, 2.05) is 28.6 Å². The first-order valence-corrected chi connectivity index (χ1v) is 7.78. The monoisotopic (exact) mass is 326 g/mol. The van der Waals surface area contributed by atoms with Gasteiger partial charge in [-0.05, 0) is 12.1 Å². The van der Waals surface area contributed by atoms with E-state index in [-0.39, 0.29) is 18.1 Å². The maximum absolute atomic E-state index is 13.2. The molecule has 1 amide bonds. The summed E-state index contributed by atoms with van der Waals surface area (Å²) in [4.78, 5) is 22.3. The SMILES string of the molecule is CO[C@@H]1C[C@@H](c2nncn2C)N(C(=O)c2cccc3[nH]cnc23)C1. The highest BCUT2D eigenvalue weighted by Gasteiger charge is 2.39. The number of methoxy groups -OCH3 is 1. The molecule has 1 saturated heterocycles. The number of hydrogen-bond donors (Lipinski definition) is 1. The number of carbonyl (C=O) groups excluding carboxylic acids is 1. The number of rotatable bonds is 3. The second kappa shape index (κ2) is 5.72. The van der Waals surface area contributed by atoms with Gasteiger partial charge in [-0.15, -0.1) is 10.2 Å². The van der Waals surface area contributed by atoms with Gasteiger partial charge in [-0.3, -0.25) is 4.79 Å². The Morgan fingerprint density at radius 1 is 1.42 bits per heavy atom. The Labute approximate surface area is 138 Å². The van der Waals surface area contributed by atoms with Gasteiger partial charge in [-0.2, -0.15) is 0 Å². The maximum Gasteiger partial charge on any atom is 0.256 e. The molecule has 1 aromatic carbocycles. The Morgan fingerprint density at radius 3 is 3.04 bits per heavy atom. The zero-order valence-corrected chi connectivity index (χ0v) is 13.5. The first kappa shape index (κ1) is 14.8. The molecule has 0 bridgehead atoms. The van der Waals surface area contributed by atoms with Crippen LogP contribution in [0.4, 0.5) is 0 Å². The van der Waals surface area contributed by atoms with E-state index in [1.165, 1.54) is 0 Å². The number of likely N-dealkylation sites (tertiary alicyclic amines) is 1. The minimum absolute atomic E-state index is 0.0194. The van der Waals surface area contributed by atoms with Crippen molar-refractivity contribution in [1.29, 1.82) is 0 Å². The van der Waals surface area contributed by atoms with Crippen LogP contribution in [0.25, 0.3) is 11.0 Å². The normalized spacial score (nSPS) is 20.8. The van der Waals surface area contributed by atoms with Crippen molar-refractivity contribution in [3.05, 3.63) is 42.2 Å². The van der Waals surface area contributed by atoms with E-state index in [2.05, 4.69) is 20.2 Å². The minimum atomic E-state index is -0.163. The van der Waals surface area contributed by atoms with E-state index in [9.17, 15) is 4.79 Å². The molecule has 1 aliphatic heterocycles. The number of amides is 1. The summed E-state index contributed by atoms with van der Waals surface area (Å²) < 4.78 is 7.34. The number of para-hydroxylation sites is 1. The van der Waals surface area contributed by atoms with E-state index in [4.69, 9.17) is 4.74 Å². The molecule has 24 heavy (non-hydrogen) atoms. The number of aryl methyl sites for hydroxylation is 1. The summed E-state index contributed by atoms with van der Waals surface area (Å²) in [5.41, 5.74) is 2.11. The standard InChI is InChI=1S/C16H18N6O2/c1-21-9-19-20-15(21)13-6-10(24-2)7-22(13)16(23)11-4-3-5-12-14(11)18-8-17-12/h3-5,8-10,13H,6-7H2,1-2H3,(H,17,18)/t10-,13+/m1/s1. The van der Waals surface area contributed by atoms with Crippen LogP contribution < -0.4 is 0 Å². The summed E-state index contributed by atoms with van der Waals surface area (Å²) in [5, 5.41) is 8.13. The second-order valence-corrected chi connectivity index (χ2v) is 5.97. The Balaban J connectivity index is 1.74. The number of H-pyrrole nitrogens is 1. The molecule has 8 nitrogen and oxygen atoms in total. The molecule has 4 rings (SSSR count). The van der Waals surface area contributed by atoms with Gasteiger partial charge >= 0.3 is 0 Å². The van der Waals surface area contributed by atoms with Gasteiger partial charge in [-0.25, -0.2) is 4.98 Å². The van der Waals surface area contributed by atoms with Crippen LogP contribution in [0.1, 0.15) is 28.6 Å². The number of imidazole rings is 1. The summed E-state index contributed by atoms with van der Waals surface area (Å²) >= 11 is 0. The fraction of sp³-hybridized carbons (Fsp3) is 0.375. The molecule has 0 spiro atoms. The van der Waals surface area contributed by atoms with Gasteiger partial charge in [0.05, 0.1) is 29.6 Å². The third-order valence-electron chi connectivity index (χ3n) is 4.58. The summed E-state index contributed by atoms with van der Waals surface area (Å²) in [5.74, 6) is 0.692. The molecule has 2 aromatic heterocycles. The summed E-state index contributed by atoms with van der Waals surface area (Å²) in [7, 11) is 3.55. The fourth-order valence-electron chi connectivity index (χ4n) is 3.32. The van der Waals surface area contributed by atoms with Gasteiger partial charge in [0.1, 0.15) is 11.8 Å². The summed E-state index contributed by atoms with van der Waals surface area (Å²) in [6.45, 7) is 0.521.